The van der Waals surface area contributed by atoms with Crippen LogP contribution in [0.5, 0.6) is 0 Å². The number of halogens is 1. The maximum absolute atomic E-state index is 12.0. The Morgan fingerprint density at radius 2 is 2.00 bits per heavy atom. The van der Waals surface area contributed by atoms with E-state index in [0.29, 0.717) is 13.1 Å². The largest absolute Gasteiger partial charge is 0.343 e. The predicted octanol–water partition coefficient (Wildman–Crippen LogP) is 0.487. The Bertz CT molecular complexity index is 282. The smallest absolute Gasteiger partial charge is 0.240 e. The highest BCUT2D eigenvalue weighted by Crippen LogP contribution is 2.07. The van der Waals surface area contributed by atoms with Gasteiger partial charge in [0.2, 0.25) is 11.8 Å². The van der Waals surface area contributed by atoms with Crippen LogP contribution < -0.4 is 5.32 Å². The summed E-state index contributed by atoms with van der Waals surface area (Å²) < 4.78 is 0. The summed E-state index contributed by atoms with van der Waals surface area (Å²) in [5.74, 6) is 0.109. The Hall–Kier alpha value is -0.810. The second-order valence-electron chi connectivity index (χ2n) is 4.19. The summed E-state index contributed by atoms with van der Waals surface area (Å²) in [5, 5.41) is 3.13. The monoisotopic (exact) mass is 277 g/mol. The van der Waals surface area contributed by atoms with Crippen molar-refractivity contribution < 1.29 is 9.59 Å². The molecule has 0 aliphatic carbocycles. The highest BCUT2D eigenvalue weighted by molar-refractivity contribution is 5.88. The Morgan fingerprint density at radius 3 is 2.50 bits per heavy atom. The van der Waals surface area contributed by atoms with Crippen molar-refractivity contribution in [3.63, 3.8) is 0 Å². The molecule has 6 heteroatoms. The Balaban J connectivity index is 0.00000289. The second-order valence-corrected chi connectivity index (χ2v) is 4.19. The first-order valence-electron chi connectivity index (χ1n) is 6.43. The molecule has 1 aliphatic heterocycles. The van der Waals surface area contributed by atoms with Crippen LogP contribution in [0.25, 0.3) is 0 Å². The molecule has 1 heterocycles. The molecule has 0 spiro atoms. The van der Waals surface area contributed by atoms with Crippen LogP contribution in [-0.2, 0) is 9.59 Å². The molecular weight excluding hydrogens is 254 g/mol. The van der Waals surface area contributed by atoms with Gasteiger partial charge in [-0.1, -0.05) is 0 Å². The topological polar surface area (TPSA) is 52.7 Å². The molecule has 0 bridgehead atoms. The Kier molecular flexibility index (Phi) is 7.95. The number of nitrogens with one attached hydrogen (secondary N) is 1. The first kappa shape index (κ1) is 17.2. The van der Waals surface area contributed by atoms with Crippen LogP contribution >= 0.6 is 12.4 Å². The molecule has 0 aromatic carbocycles. The van der Waals surface area contributed by atoms with E-state index in [1.807, 2.05) is 20.8 Å². The van der Waals surface area contributed by atoms with Crippen LogP contribution in [0.4, 0.5) is 0 Å². The van der Waals surface area contributed by atoms with Crippen molar-refractivity contribution in [3.8, 4) is 0 Å². The highest BCUT2D eigenvalue weighted by Gasteiger charge is 2.29. The summed E-state index contributed by atoms with van der Waals surface area (Å²) in [5.41, 5.74) is 0. The molecule has 0 radical (unpaired) electrons. The lowest BCUT2D eigenvalue weighted by Crippen LogP contribution is -2.56. The lowest BCUT2D eigenvalue weighted by atomic mass is 10.1. The van der Waals surface area contributed by atoms with E-state index in [1.54, 1.807) is 9.80 Å². The van der Waals surface area contributed by atoms with E-state index in [9.17, 15) is 9.59 Å². The van der Waals surface area contributed by atoms with E-state index in [4.69, 9.17) is 0 Å². The number of piperazine rings is 1. The summed E-state index contributed by atoms with van der Waals surface area (Å²) in [4.78, 5) is 27.5. The molecule has 106 valence electrons. The number of hydrogen-bond acceptors (Lipinski definition) is 3. The molecule has 2 amide bonds. The minimum atomic E-state index is -0.336. The normalized spacial score (nSPS) is 19.4. The molecule has 1 rings (SSSR count). The van der Waals surface area contributed by atoms with Crippen molar-refractivity contribution in [3.05, 3.63) is 0 Å². The minimum Gasteiger partial charge on any atom is -0.343 e. The minimum absolute atomic E-state index is 0. The van der Waals surface area contributed by atoms with E-state index in [-0.39, 0.29) is 36.7 Å². The average molecular weight is 278 g/mol. The summed E-state index contributed by atoms with van der Waals surface area (Å²) in [7, 11) is 0. The third-order valence-corrected chi connectivity index (χ3v) is 3.26. The van der Waals surface area contributed by atoms with Crippen LogP contribution in [0.3, 0.4) is 0 Å². The van der Waals surface area contributed by atoms with Gasteiger partial charge in [-0.15, -0.1) is 12.4 Å². The van der Waals surface area contributed by atoms with Gasteiger partial charge in [-0.2, -0.15) is 0 Å². The van der Waals surface area contributed by atoms with Gasteiger partial charge in [-0.05, 0) is 20.8 Å². The molecule has 1 N–H and O–H groups in total. The van der Waals surface area contributed by atoms with Crippen molar-refractivity contribution in [2.24, 2.45) is 0 Å². The second kappa shape index (κ2) is 8.32. The standard InChI is InChI=1S/C12H23N3O2.ClH/c1-4-14(5-2)11(16)9-10-12(17)15(6-3)8-7-13-10;/h10,13H,4-9H2,1-3H3;1H. The van der Waals surface area contributed by atoms with Gasteiger partial charge in [0.05, 0.1) is 12.5 Å². The van der Waals surface area contributed by atoms with Crippen LogP contribution in [0.15, 0.2) is 0 Å². The van der Waals surface area contributed by atoms with Crippen molar-refractivity contribution in [1.82, 2.24) is 15.1 Å². The summed E-state index contributed by atoms with van der Waals surface area (Å²) in [6, 6.07) is -0.336. The van der Waals surface area contributed by atoms with Gasteiger partial charge in [0, 0.05) is 32.7 Å². The number of amides is 2. The fourth-order valence-corrected chi connectivity index (χ4v) is 2.15. The molecule has 1 aliphatic rings. The van der Waals surface area contributed by atoms with E-state index in [0.717, 1.165) is 19.6 Å². The van der Waals surface area contributed by atoms with Gasteiger partial charge in [0.1, 0.15) is 0 Å². The lowest BCUT2D eigenvalue weighted by molar-refractivity contribution is -0.140. The molecule has 0 aromatic heterocycles. The fourth-order valence-electron chi connectivity index (χ4n) is 2.15. The van der Waals surface area contributed by atoms with Gasteiger partial charge < -0.3 is 15.1 Å². The zero-order valence-corrected chi connectivity index (χ0v) is 12.3. The van der Waals surface area contributed by atoms with Gasteiger partial charge in [-0.3, -0.25) is 9.59 Å². The quantitative estimate of drug-likeness (QED) is 0.796. The molecule has 18 heavy (non-hydrogen) atoms. The average Bonchev–Trinajstić information content (AvgIpc) is 2.33. The van der Waals surface area contributed by atoms with Gasteiger partial charge >= 0.3 is 0 Å². The van der Waals surface area contributed by atoms with E-state index >= 15 is 0 Å². The molecule has 5 nitrogen and oxygen atoms in total. The van der Waals surface area contributed by atoms with Gasteiger partial charge in [0.25, 0.3) is 0 Å². The zero-order valence-electron chi connectivity index (χ0n) is 11.4. The highest BCUT2D eigenvalue weighted by atomic mass is 35.5. The van der Waals surface area contributed by atoms with Crippen molar-refractivity contribution >= 4 is 24.2 Å². The van der Waals surface area contributed by atoms with Crippen LogP contribution in [0.2, 0.25) is 0 Å². The molecule has 0 aromatic rings. The zero-order chi connectivity index (χ0) is 12.8. The first-order valence-corrected chi connectivity index (χ1v) is 6.43. The van der Waals surface area contributed by atoms with E-state index < -0.39 is 0 Å². The summed E-state index contributed by atoms with van der Waals surface area (Å²) in [6.45, 7) is 9.51. The van der Waals surface area contributed by atoms with Gasteiger partial charge in [-0.25, -0.2) is 0 Å². The third-order valence-electron chi connectivity index (χ3n) is 3.26. The van der Waals surface area contributed by atoms with E-state index in [2.05, 4.69) is 5.32 Å². The van der Waals surface area contributed by atoms with Crippen LogP contribution in [0.1, 0.15) is 27.2 Å². The Labute approximate surface area is 115 Å². The summed E-state index contributed by atoms with van der Waals surface area (Å²) in [6.07, 6.45) is 0.275. The molecule has 1 fully saturated rings. The molecule has 1 unspecified atom stereocenters. The van der Waals surface area contributed by atoms with Crippen molar-refractivity contribution in [2.45, 2.75) is 33.2 Å². The molecular formula is C12H24ClN3O2. The first-order chi connectivity index (χ1) is 8.13. The molecule has 1 atom stereocenters. The SMILES string of the molecule is CCN(CC)C(=O)CC1NCCN(CC)C1=O.Cl. The number of nitrogens with zero attached hydrogens (tertiary/aromatic N) is 2. The third kappa shape index (κ3) is 4.14. The van der Waals surface area contributed by atoms with Crippen LogP contribution in [-0.4, -0.2) is 60.4 Å². The summed E-state index contributed by atoms with van der Waals surface area (Å²) >= 11 is 0. The predicted molar refractivity (Wildman–Crippen MR) is 73.8 cm³/mol. The molecule has 0 saturated carbocycles. The van der Waals surface area contributed by atoms with Crippen molar-refractivity contribution in [1.29, 1.82) is 0 Å². The lowest BCUT2D eigenvalue weighted by Gasteiger charge is -2.33. The number of rotatable bonds is 5. The fraction of sp³-hybridized carbons (Fsp3) is 0.833. The number of likely N-dealkylation sites (N-methyl/N-ethyl adjacent to an activating group) is 1. The maximum Gasteiger partial charge on any atom is 0.240 e. The molecule has 1 saturated heterocycles. The van der Waals surface area contributed by atoms with Crippen LogP contribution in [0, 0.1) is 0 Å². The van der Waals surface area contributed by atoms with E-state index in [1.165, 1.54) is 0 Å². The van der Waals surface area contributed by atoms with Crippen molar-refractivity contribution in [2.75, 3.05) is 32.7 Å². The number of carbonyl (C=O) groups is 2. The van der Waals surface area contributed by atoms with Gasteiger partial charge in [0.15, 0.2) is 0 Å². The maximum atomic E-state index is 12.0. The number of hydrogen-bond donors (Lipinski definition) is 1. The number of carbonyl (C=O) groups excluding carboxylic acids is 2. The Morgan fingerprint density at radius 1 is 1.39 bits per heavy atom.